The molecule has 18 heavy (non-hydrogen) atoms. The summed E-state index contributed by atoms with van der Waals surface area (Å²) in [5, 5.41) is 2.96. The number of amides is 1. The average Bonchev–Trinajstić information content (AvgIpc) is 2.13. The van der Waals surface area contributed by atoms with Crippen molar-refractivity contribution in [1.29, 1.82) is 0 Å². The van der Waals surface area contributed by atoms with E-state index in [2.05, 4.69) is 5.32 Å². The predicted octanol–water partition coefficient (Wildman–Crippen LogP) is 2.77. The summed E-state index contributed by atoms with van der Waals surface area (Å²) in [7, 11) is 0. The summed E-state index contributed by atoms with van der Waals surface area (Å²) in [5.74, 6) is -0.473. The molecule has 0 aliphatic carbocycles. The second-order valence-electron chi connectivity index (χ2n) is 4.73. The molecule has 0 atom stereocenters. The Morgan fingerprint density at radius 1 is 1.22 bits per heavy atom. The van der Waals surface area contributed by atoms with Gasteiger partial charge in [-0.25, -0.2) is 0 Å². The quantitative estimate of drug-likeness (QED) is 0.874. The standard InChI is InChI=1S/C12H15F3N2O/c1-11(2,7-10(16)18)17-9-5-3-8(4-6-9)12(13,14)15/h3-6,17H,7H2,1-2H3,(H2,16,18). The van der Waals surface area contributed by atoms with Crippen LogP contribution in [0.3, 0.4) is 0 Å². The molecule has 3 N–H and O–H groups in total. The fraction of sp³-hybridized carbons (Fsp3) is 0.417. The number of nitrogens with two attached hydrogens (primary N) is 1. The predicted molar refractivity (Wildman–Crippen MR) is 63.0 cm³/mol. The Hall–Kier alpha value is -1.72. The highest BCUT2D eigenvalue weighted by molar-refractivity contribution is 5.75. The number of rotatable bonds is 4. The van der Waals surface area contributed by atoms with E-state index in [4.69, 9.17) is 5.73 Å². The summed E-state index contributed by atoms with van der Waals surface area (Å²) in [6, 6.07) is 4.63. The molecule has 0 fully saturated rings. The summed E-state index contributed by atoms with van der Waals surface area (Å²) >= 11 is 0. The van der Waals surface area contributed by atoms with E-state index in [9.17, 15) is 18.0 Å². The monoisotopic (exact) mass is 260 g/mol. The number of carbonyl (C=O) groups excluding carboxylic acids is 1. The molecule has 1 aromatic carbocycles. The number of hydrogen-bond donors (Lipinski definition) is 2. The summed E-state index contributed by atoms with van der Waals surface area (Å²) in [6.07, 6.45) is -4.25. The smallest absolute Gasteiger partial charge is 0.380 e. The zero-order chi connectivity index (χ0) is 14.0. The van der Waals surface area contributed by atoms with Gasteiger partial charge >= 0.3 is 6.18 Å². The molecule has 0 aromatic heterocycles. The molecule has 1 amide bonds. The lowest BCUT2D eigenvalue weighted by Gasteiger charge is -2.26. The van der Waals surface area contributed by atoms with Crippen molar-refractivity contribution in [3.05, 3.63) is 29.8 Å². The van der Waals surface area contributed by atoms with Crippen LogP contribution < -0.4 is 11.1 Å². The van der Waals surface area contributed by atoms with Gasteiger partial charge in [-0.2, -0.15) is 13.2 Å². The Balaban J connectivity index is 2.78. The highest BCUT2D eigenvalue weighted by atomic mass is 19.4. The fourth-order valence-electron chi connectivity index (χ4n) is 1.61. The van der Waals surface area contributed by atoms with Crippen LogP contribution in [0.5, 0.6) is 0 Å². The zero-order valence-electron chi connectivity index (χ0n) is 10.1. The van der Waals surface area contributed by atoms with E-state index in [1.807, 2.05) is 0 Å². The minimum absolute atomic E-state index is 0.0913. The topological polar surface area (TPSA) is 55.1 Å². The van der Waals surface area contributed by atoms with Gasteiger partial charge in [-0.15, -0.1) is 0 Å². The Morgan fingerprint density at radius 3 is 2.11 bits per heavy atom. The Morgan fingerprint density at radius 2 is 1.72 bits per heavy atom. The number of halogens is 3. The van der Waals surface area contributed by atoms with Crippen molar-refractivity contribution in [2.75, 3.05) is 5.32 Å². The van der Waals surface area contributed by atoms with Crippen molar-refractivity contribution < 1.29 is 18.0 Å². The van der Waals surface area contributed by atoms with Crippen LogP contribution in [0.15, 0.2) is 24.3 Å². The van der Waals surface area contributed by atoms with Crippen molar-refractivity contribution in [2.45, 2.75) is 32.0 Å². The van der Waals surface area contributed by atoms with Crippen LogP contribution in [0, 0.1) is 0 Å². The van der Waals surface area contributed by atoms with Crippen LogP contribution in [0.1, 0.15) is 25.8 Å². The van der Waals surface area contributed by atoms with Gasteiger partial charge in [0, 0.05) is 17.6 Å². The molecular weight excluding hydrogens is 245 g/mol. The Bertz CT molecular complexity index is 424. The van der Waals surface area contributed by atoms with Crippen molar-refractivity contribution in [3.8, 4) is 0 Å². The minimum atomic E-state index is -4.35. The first-order chi connectivity index (χ1) is 8.10. The van der Waals surface area contributed by atoms with Crippen LogP contribution >= 0.6 is 0 Å². The first-order valence-corrected chi connectivity index (χ1v) is 5.34. The molecule has 0 bridgehead atoms. The molecular formula is C12H15F3N2O. The van der Waals surface area contributed by atoms with Crippen molar-refractivity contribution in [3.63, 3.8) is 0 Å². The summed E-state index contributed by atoms with van der Waals surface area (Å²) in [4.78, 5) is 10.8. The van der Waals surface area contributed by atoms with Gasteiger partial charge in [0.2, 0.25) is 5.91 Å². The highest BCUT2D eigenvalue weighted by Gasteiger charge is 2.30. The number of anilines is 1. The van der Waals surface area contributed by atoms with Crippen molar-refractivity contribution in [1.82, 2.24) is 0 Å². The Kier molecular flexibility index (Phi) is 3.88. The number of carbonyl (C=O) groups is 1. The molecule has 6 heteroatoms. The third kappa shape index (κ3) is 4.27. The van der Waals surface area contributed by atoms with E-state index in [-0.39, 0.29) is 6.42 Å². The van der Waals surface area contributed by atoms with Gasteiger partial charge < -0.3 is 11.1 Å². The molecule has 3 nitrogen and oxygen atoms in total. The second-order valence-corrected chi connectivity index (χ2v) is 4.73. The zero-order valence-corrected chi connectivity index (χ0v) is 10.1. The number of nitrogens with one attached hydrogen (secondary N) is 1. The van der Waals surface area contributed by atoms with E-state index < -0.39 is 23.2 Å². The van der Waals surface area contributed by atoms with Gasteiger partial charge in [0.25, 0.3) is 0 Å². The van der Waals surface area contributed by atoms with Crippen LogP contribution in [-0.4, -0.2) is 11.4 Å². The molecule has 100 valence electrons. The van der Waals surface area contributed by atoms with Gasteiger partial charge in [-0.3, -0.25) is 4.79 Å². The van der Waals surface area contributed by atoms with Crippen LogP contribution in [-0.2, 0) is 11.0 Å². The molecule has 0 heterocycles. The van der Waals surface area contributed by atoms with Crippen molar-refractivity contribution in [2.24, 2.45) is 5.73 Å². The number of alkyl halides is 3. The summed E-state index contributed by atoms with van der Waals surface area (Å²) < 4.78 is 37.0. The van der Waals surface area contributed by atoms with Gasteiger partial charge in [0.15, 0.2) is 0 Å². The molecule has 0 unspecified atom stereocenters. The first kappa shape index (κ1) is 14.3. The molecule has 0 saturated heterocycles. The molecule has 0 radical (unpaired) electrons. The van der Waals surface area contributed by atoms with E-state index in [1.54, 1.807) is 13.8 Å². The molecule has 0 aliphatic rings. The maximum absolute atomic E-state index is 12.3. The van der Waals surface area contributed by atoms with Gasteiger partial charge in [-0.1, -0.05) is 0 Å². The first-order valence-electron chi connectivity index (χ1n) is 5.34. The van der Waals surface area contributed by atoms with Gasteiger partial charge in [0.05, 0.1) is 5.56 Å². The minimum Gasteiger partial charge on any atom is -0.380 e. The lowest BCUT2D eigenvalue weighted by atomic mass is 9.99. The van der Waals surface area contributed by atoms with Crippen LogP contribution in [0.25, 0.3) is 0 Å². The number of hydrogen-bond acceptors (Lipinski definition) is 2. The van der Waals surface area contributed by atoms with E-state index >= 15 is 0 Å². The summed E-state index contributed by atoms with van der Waals surface area (Å²) in [6.45, 7) is 3.49. The van der Waals surface area contributed by atoms with Crippen molar-refractivity contribution >= 4 is 11.6 Å². The van der Waals surface area contributed by atoms with Crippen LogP contribution in [0.4, 0.5) is 18.9 Å². The SMILES string of the molecule is CC(C)(CC(N)=O)Nc1ccc(C(F)(F)F)cc1. The molecule has 0 spiro atoms. The third-order valence-electron chi connectivity index (χ3n) is 2.31. The fourth-order valence-corrected chi connectivity index (χ4v) is 1.61. The molecule has 1 aromatic rings. The van der Waals surface area contributed by atoms with Gasteiger partial charge in [-0.05, 0) is 38.1 Å². The Labute approximate surface area is 103 Å². The number of primary amides is 1. The highest BCUT2D eigenvalue weighted by Crippen LogP contribution is 2.30. The normalized spacial score (nSPS) is 12.3. The number of benzene rings is 1. The van der Waals surface area contributed by atoms with Gasteiger partial charge in [0.1, 0.15) is 0 Å². The second kappa shape index (κ2) is 4.88. The maximum Gasteiger partial charge on any atom is 0.416 e. The molecule has 1 rings (SSSR count). The van der Waals surface area contributed by atoms with Crippen LogP contribution in [0.2, 0.25) is 0 Å². The molecule has 0 aliphatic heterocycles. The lowest BCUT2D eigenvalue weighted by Crippen LogP contribution is -2.35. The molecule has 0 saturated carbocycles. The van der Waals surface area contributed by atoms with E-state index in [0.29, 0.717) is 5.69 Å². The summed E-state index contributed by atoms with van der Waals surface area (Å²) in [5.41, 5.74) is 4.28. The maximum atomic E-state index is 12.3. The lowest BCUT2D eigenvalue weighted by molar-refractivity contribution is -0.137. The third-order valence-corrected chi connectivity index (χ3v) is 2.31. The van der Waals surface area contributed by atoms with E-state index in [1.165, 1.54) is 12.1 Å². The largest absolute Gasteiger partial charge is 0.416 e. The average molecular weight is 260 g/mol. The van der Waals surface area contributed by atoms with E-state index in [0.717, 1.165) is 12.1 Å².